The molecule has 1 aliphatic carbocycles. The Morgan fingerprint density at radius 1 is 1.35 bits per heavy atom. The fraction of sp³-hybridized carbons (Fsp3) is 0.647. The number of benzene rings is 1. The Labute approximate surface area is 120 Å². The highest BCUT2D eigenvalue weighted by molar-refractivity contribution is 5.44. The van der Waals surface area contributed by atoms with E-state index in [1.165, 1.54) is 12.8 Å². The smallest absolute Gasteiger partial charge is 0.129 e. The van der Waals surface area contributed by atoms with E-state index in [0.29, 0.717) is 18.3 Å². The number of ether oxygens (including phenoxy) is 2. The third-order valence-electron chi connectivity index (χ3n) is 5.37. The van der Waals surface area contributed by atoms with Crippen LogP contribution < -0.4 is 9.47 Å². The molecule has 1 aliphatic heterocycles. The molecule has 0 saturated heterocycles. The summed E-state index contributed by atoms with van der Waals surface area (Å²) >= 11 is 0. The molecular weight excluding hydrogens is 252 g/mol. The van der Waals surface area contributed by atoms with Gasteiger partial charge in [-0.3, -0.25) is 0 Å². The minimum atomic E-state index is -0.433. The standard InChI is InChI=1S/C17H24O3/c1-11-5-4-8-17(12(11)2)10-15(18)14-7-6-13(19-3)9-16(14)20-17/h6-7,9,11-12,15,18H,4-5,8,10H2,1-3H3/t11?,12?,15-,17?/m0/s1. The van der Waals surface area contributed by atoms with Gasteiger partial charge < -0.3 is 14.6 Å². The Balaban J connectivity index is 1.98. The lowest BCUT2D eigenvalue weighted by molar-refractivity contribution is -0.0880. The molecule has 4 atom stereocenters. The highest BCUT2D eigenvalue weighted by Crippen LogP contribution is 2.50. The highest BCUT2D eigenvalue weighted by Gasteiger charge is 2.48. The van der Waals surface area contributed by atoms with E-state index in [1.54, 1.807) is 7.11 Å². The van der Waals surface area contributed by atoms with Crippen molar-refractivity contribution in [1.82, 2.24) is 0 Å². The van der Waals surface area contributed by atoms with E-state index in [-0.39, 0.29) is 5.60 Å². The molecule has 1 aromatic rings. The molecule has 1 spiro atoms. The van der Waals surface area contributed by atoms with Crippen molar-refractivity contribution in [2.75, 3.05) is 7.11 Å². The van der Waals surface area contributed by atoms with Gasteiger partial charge in [0.05, 0.1) is 13.2 Å². The van der Waals surface area contributed by atoms with Gasteiger partial charge in [-0.15, -0.1) is 0 Å². The molecule has 0 amide bonds. The third kappa shape index (κ3) is 2.08. The summed E-state index contributed by atoms with van der Waals surface area (Å²) in [4.78, 5) is 0. The summed E-state index contributed by atoms with van der Waals surface area (Å²) in [5, 5.41) is 10.5. The molecule has 2 aliphatic rings. The Bertz CT molecular complexity index is 499. The van der Waals surface area contributed by atoms with Gasteiger partial charge in [-0.25, -0.2) is 0 Å². The predicted molar refractivity (Wildman–Crippen MR) is 78.1 cm³/mol. The van der Waals surface area contributed by atoms with Gasteiger partial charge in [-0.1, -0.05) is 20.3 Å². The molecular formula is C17H24O3. The fourth-order valence-electron chi connectivity index (χ4n) is 3.85. The fourth-order valence-corrected chi connectivity index (χ4v) is 3.85. The van der Waals surface area contributed by atoms with Crippen LogP contribution in [0.1, 0.15) is 51.2 Å². The lowest BCUT2D eigenvalue weighted by Crippen LogP contribution is -2.50. The van der Waals surface area contributed by atoms with Crippen LogP contribution in [0.2, 0.25) is 0 Å². The van der Waals surface area contributed by atoms with E-state index in [2.05, 4.69) is 13.8 Å². The molecule has 0 aromatic heterocycles. The number of fused-ring (bicyclic) bond motifs is 1. The Morgan fingerprint density at radius 3 is 2.90 bits per heavy atom. The number of rotatable bonds is 1. The largest absolute Gasteiger partial charge is 0.497 e. The lowest BCUT2D eigenvalue weighted by atomic mass is 9.67. The molecule has 3 nitrogen and oxygen atoms in total. The van der Waals surface area contributed by atoms with Crippen molar-refractivity contribution in [3.05, 3.63) is 23.8 Å². The molecule has 1 N–H and O–H groups in total. The van der Waals surface area contributed by atoms with Gasteiger partial charge in [0.2, 0.25) is 0 Å². The van der Waals surface area contributed by atoms with E-state index in [1.807, 2.05) is 18.2 Å². The molecule has 20 heavy (non-hydrogen) atoms. The summed E-state index contributed by atoms with van der Waals surface area (Å²) in [6.07, 6.45) is 3.74. The van der Waals surface area contributed by atoms with Crippen LogP contribution in [0, 0.1) is 11.8 Å². The van der Waals surface area contributed by atoms with E-state index in [9.17, 15) is 5.11 Å². The van der Waals surface area contributed by atoms with Crippen LogP contribution in [0.5, 0.6) is 11.5 Å². The van der Waals surface area contributed by atoms with Crippen LogP contribution in [-0.4, -0.2) is 17.8 Å². The van der Waals surface area contributed by atoms with Crippen LogP contribution in [-0.2, 0) is 0 Å². The number of aliphatic hydroxyl groups excluding tert-OH is 1. The summed E-state index contributed by atoms with van der Waals surface area (Å²) in [7, 11) is 1.65. The first-order valence-corrected chi connectivity index (χ1v) is 7.61. The van der Waals surface area contributed by atoms with Crippen molar-refractivity contribution >= 4 is 0 Å². The van der Waals surface area contributed by atoms with Crippen molar-refractivity contribution in [2.24, 2.45) is 11.8 Å². The predicted octanol–water partition coefficient (Wildman–Crippen LogP) is 3.71. The average Bonchev–Trinajstić information content (AvgIpc) is 2.44. The van der Waals surface area contributed by atoms with E-state index in [4.69, 9.17) is 9.47 Å². The second-order valence-electron chi connectivity index (χ2n) is 6.45. The number of hydrogen-bond donors (Lipinski definition) is 1. The molecule has 1 aromatic carbocycles. The molecule has 0 radical (unpaired) electrons. The molecule has 3 heteroatoms. The first-order chi connectivity index (χ1) is 9.55. The third-order valence-corrected chi connectivity index (χ3v) is 5.37. The summed E-state index contributed by atoms with van der Waals surface area (Å²) in [5.74, 6) is 2.68. The van der Waals surface area contributed by atoms with Crippen molar-refractivity contribution in [2.45, 2.75) is 51.2 Å². The zero-order valence-corrected chi connectivity index (χ0v) is 12.6. The van der Waals surface area contributed by atoms with Gasteiger partial charge in [0.25, 0.3) is 0 Å². The molecule has 3 unspecified atom stereocenters. The Kier molecular flexibility index (Phi) is 3.41. The second-order valence-corrected chi connectivity index (χ2v) is 6.45. The van der Waals surface area contributed by atoms with Gasteiger partial charge >= 0.3 is 0 Å². The molecule has 1 heterocycles. The number of aliphatic hydroxyl groups is 1. The van der Waals surface area contributed by atoms with Gasteiger partial charge in [-0.2, -0.15) is 0 Å². The van der Waals surface area contributed by atoms with E-state index in [0.717, 1.165) is 23.5 Å². The summed E-state index contributed by atoms with van der Waals surface area (Å²) < 4.78 is 11.7. The molecule has 1 fully saturated rings. The molecule has 1 saturated carbocycles. The average molecular weight is 276 g/mol. The minimum absolute atomic E-state index is 0.212. The number of hydrogen-bond acceptors (Lipinski definition) is 3. The quantitative estimate of drug-likeness (QED) is 0.850. The highest BCUT2D eigenvalue weighted by atomic mass is 16.5. The van der Waals surface area contributed by atoms with Crippen molar-refractivity contribution < 1.29 is 14.6 Å². The SMILES string of the molecule is COc1ccc2c(c1)OC1(CCCC(C)C1C)C[C@@H]2O. The van der Waals surface area contributed by atoms with Crippen LogP contribution in [0.25, 0.3) is 0 Å². The topological polar surface area (TPSA) is 38.7 Å². The van der Waals surface area contributed by atoms with Crippen LogP contribution in [0.4, 0.5) is 0 Å². The van der Waals surface area contributed by atoms with Crippen molar-refractivity contribution in [3.8, 4) is 11.5 Å². The maximum absolute atomic E-state index is 10.5. The number of methoxy groups -OCH3 is 1. The summed E-state index contributed by atoms with van der Waals surface area (Å²) in [6, 6.07) is 5.71. The van der Waals surface area contributed by atoms with Crippen LogP contribution in [0.15, 0.2) is 18.2 Å². The van der Waals surface area contributed by atoms with E-state index >= 15 is 0 Å². The monoisotopic (exact) mass is 276 g/mol. The molecule has 0 bridgehead atoms. The van der Waals surface area contributed by atoms with E-state index < -0.39 is 6.10 Å². The minimum Gasteiger partial charge on any atom is -0.497 e. The Hall–Kier alpha value is -1.22. The molecule has 110 valence electrons. The lowest BCUT2D eigenvalue weighted by Gasteiger charge is -2.49. The second kappa shape index (κ2) is 4.96. The zero-order valence-electron chi connectivity index (χ0n) is 12.6. The zero-order chi connectivity index (χ0) is 14.3. The normalized spacial score (nSPS) is 36.3. The van der Waals surface area contributed by atoms with Crippen LogP contribution >= 0.6 is 0 Å². The summed E-state index contributed by atoms with van der Waals surface area (Å²) in [6.45, 7) is 4.56. The van der Waals surface area contributed by atoms with Gasteiger partial charge in [0, 0.05) is 18.1 Å². The molecule has 3 rings (SSSR count). The van der Waals surface area contributed by atoms with Gasteiger partial charge in [0.15, 0.2) is 0 Å². The first kappa shape index (κ1) is 13.7. The van der Waals surface area contributed by atoms with Crippen LogP contribution in [0.3, 0.4) is 0 Å². The first-order valence-electron chi connectivity index (χ1n) is 7.61. The van der Waals surface area contributed by atoms with Gasteiger partial charge in [-0.05, 0) is 36.8 Å². The van der Waals surface area contributed by atoms with Gasteiger partial charge in [0.1, 0.15) is 17.1 Å². The summed E-state index contributed by atoms with van der Waals surface area (Å²) in [5.41, 5.74) is 0.679. The van der Waals surface area contributed by atoms with Crippen molar-refractivity contribution in [1.29, 1.82) is 0 Å². The van der Waals surface area contributed by atoms with Crippen molar-refractivity contribution in [3.63, 3.8) is 0 Å². The maximum atomic E-state index is 10.5. The Morgan fingerprint density at radius 2 is 2.15 bits per heavy atom. The maximum Gasteiger partial charge on any atom is 0.129 e.